The van der Waals surface area contributed by atoms with Crippen LogP contribution in [0.1, 0.15) is 19.4 Å². The average Bonchev–Trinajstić information content (AvgIpc) is 2.68. The summed E-state index contributed by atoms with van der Waals surface area (Å²) in [7, 11) is 5.62. The first kappa shape index (κ1) is 20.5. The van der Waals surface area contributed by atoms with Crippen molar-refractivity contribution in [3.05, 3.63) is 29.8 Å². The first-order valence-electron chi connectivity index (χ1n) is 9.59. The Morgan fingerprint density at radius 1 is 1.27 bits per heavy atom. The zero-order chi connectivity index (χ0) is 18.9. The van der Waals surface area contributed by atoms with Crippen LogP contribution >= 0.6 is 0 Å². The van der Waals surface area contributed by atoms with Crippen molar-refractivity contribution in [1.82, 2.24) is 20.0 Å². The first-order chi connectivity index (χ1) is 12.6. The van der Waals surface area contributed by atoms with Crippen LogP contribution < -0.4 is 10.1 Å². The van der Waals surface area contributed by atoms with Crippen molar-refractivity contribution < 1.29 is 4.74 Å². The van der Waals surface area contributed by atoms with Crippen molar-refractivity contribution in [2.75, 3.05) is 60.5 Å². The van der Waals surface area contributed by atoms with Crippen LogP contribution in [-0.4, -0.2) is 87.2 Å². The highest BCUT2D eigenvalue weighted by Gasteiger charge is 2.20. The molecule has 1 aromatic carbocycles. The Kier molecular flexibility index (Phi) is 8.19. The van der Waals surface area contributed by atoms with Crippen LogP contribution in [0.15, 0.2) is 29.3 Å². The molecule has 0 radical (unpaired) electrons. The molecule has 0 bridgehead atoms. The summed E-state index contributed by atoms with van der Waals surface area (Å²) in [5.74, 6) is 1.83. The molecule has 0 aromatic heterocycles. The number of nitrogens with one attached hydrogen (secondary N) is 1. The monoisotopic (exact) mass is 361 g/mol. The van der Waals surface area contributed by atoms with Crippen LogP contribution in [0, 0.1) is 0 Å². The molecule has 0 saturated carbocycles. The molecule has 1 aromatic rings. The van der Waals surface area contributed by atoms with Gasteiger partial charge in [-0.2, -0.15) is 0 Å². The summed E-state index contributed by atoms with van der Waals surface area (Å²) in [5, 5.41) is 3.53. The minimum Gasteiger partial charge on any atom is -0.496 e. The predicted molar refractivity (Wildman–Crippen MR) is 109 cm³/mol. The first-order valence-corrected chi connectivity index (χ1v) is 9.59. The van der Waals surface area contributed by atoms with Gasteiger partial charge in [0.1, 0.15) is 5.75 Å². The minimum atomic E-state index is 0.491. The molecule has 6 nitrogen and oxygen atoms in total. The Labute approximate surface area is 158 Å². The van der Waals surface area contributed by atoms with Gasteiger partial charge in [-0.1, -0.05) is 25.1 Å². The fourth-order valence-electron chi connectivity index (χ4n) is 3.44. The highest BCUT2D eigenvalue weighted by Crippen LogP contribution is 2.18. The molecule has 1 aliphatic heterocycles. The van der Waals surface area contributed by atoms with E-state index in [4.69, 9.17) is 4.74 Å². The molecule has 2 rings (SSSR count). The Bertz CT molecular complexity index is 569. The van der Waals surface area contributed by atoms with Crippen LogP contribution in [0.4, 0.5) is 0 Å². The lowest BCUT2D eigenvalue weighted by Gasteiger charge is -2.38. The Morgan fingerprint density at radius 2 is 1.96 bits per heavy atom. The molecular weight excluding hydrogens is 326 g/mol. The van der Waals surface area contributed by atoms with E-state index in [1.165, 1.54) is 13.1 Å². The lowest BCUT2D eigenvalue weighted by atomic mass is 10.2. The van der Waals surface area contributed by atoms with Gasteiger partial charge in [0.05, 0.1) is 7.11 Å². The molecule has 0 amide bonds. The SMILES string of the molecule is CCN1CCN(C(C)CNC(=NC)N(C)Cc2ccccc2OC)CC1. The molecule has 1 aliphatic rings. The molecule has 1 saturated heterocycles. The molecule has 26 heavy (non-hydrogen) atoms. The number of aliphatic imine (C=N–C) groups is 1. The normalized spacial score (nSPS) is 17.8. The topological polar surface area (TPSA) is 43.3 Å². The highest BCUT2D eigenvalue weighted by atomic mass is 16.5. The molecule has 1 heterocycles. The second-order valence-electron chi connectivity index (χ2n) is 6.92. The van der Waals surface area contributed by atoms with Gasteiger partial charge in [-0.15, -0.1) is 0 Å². The molecule has 1 atom stereocenters. The van der Waals surface area contributed by atoms with Crippen LogP contribution in [0.2, 0.25) is 0 Å². The summed E-state index contributed by atoms with van der Waals surface area (Å²) in [6.45, 7) is 12.0. The third kappa shape index (κ3) is 5.61. The van der Waals surface area contributed by atoms with Crippen molar-refractivity contribution in [3.63, 3.8) is 0 Å². The summed E-state index contributed by atoms with van der Waals surface area (Å²) in [6, 6.07) is 8.62. The van der Waals surface area contributed by atoms with Crippen molar-refractivity contribution in [3.8, 4) is 5.75 Å². The third-order valence-electron chi connectivity index (χ3n) is 5.21. The third-order valence-corrected chi connectivity index (χ3v) is 5.21. The molecule has 0 spiro atoms. The van der Waals surface area contributed by atoms with Crippen LogP contribution in [0.25, 0.3) is 0 Å². The number of rotatable bonds is 7. The van der Waals surface area contributed by atoms with Crippen molar-refractivity contribution in [1.29, 1.82) is 0 Å². The van der Waals surface area contributed by atoms with E-state index in [0.29, 0.717) is 6.04 Å². The summed E-state index contributed by atoms with van der Waals surface area (Å²) in [4.78, 5) is 11.7. The smallest absolute Gasteiger partial charge is 0.193 e. The van der Waals surface area contributed by atoms with Gasteiger partial charge in [0.15, 0.2) is 5.96 Å². The summed E-state index contributed by atoms with van der Waals surface area (Å²) >= 11 is 0. The van der Waals surface area contributed by atoms with E-state index in [-0.39, 0.29) is 0 Å². The summed E-state index contributed by atoms with van der Waals surface area (Å²) < 4.78 is 5.46. The van der Waals surface area contributed by atoms with Gasteiger partial charge < -0.3 is 19.9 Å². The Balaban J connectivity index is 1.85. The standard InChI is InChI=1S/C20H35N5O/c1-6-24-11-13-25(14-12-24)17(2)15-22-20(21-3)23(4)16-18-9-7-8-10-19(18)26-5/h7-10,17H,6,11-16H2,1-5H3,(H,21,22). The van der Waals surface area contributed by atoms with Crippen molar-refractivity contribution >= 4 is 5.96 Å². The van der Waals surface area contributed by atoms with Gasteiger partial charge in [-0.25, -0.2) is 0 Å². The Morgan fingerprint density at radius 3 is 2.58 bits per heavy atom. The van der Waals surface area contributed by atoms with E-state index in [0.717, 1.165) is 50.0 Å². The number of hydrogen-bond acceptors (Lipinski definition) is 4. The molecule has 1 unspecified atom stereocenters. The molecular formula is C20H35N5O. The minimum absolute atomic E-state index is 0.491. The van der Waals surface area contributed by atoms with Gasteiger partial charge in [-0.05, 0) is 19.5 Å². The molecule has 1 N–H and O–H groups in total. The number of nitrogens with zero attached hydrogens (tertiary/aromatic N) is 4. The second kappa shape index (κ2) is 10.4. The zero-order valence-electron chi connectivity index (χ0n) is 17.0. The van der Waals surface area contributed by atoms with Gasteiger partial charge >= 0.3 is 0 Å². The van der Waals surface area contributed by atoms with Crippen molar-refractivity contribution in [2.45, 2.75) is 26.4 Å². The number of guanidine groups is 1. The largest absolute Gasteiger partial charge is 0.496 e. The number of hydrogen-bond donors (Lipinski definition) is 1. The second-order valence-corrected chi connectivity index (χ2v) is 6.92. The van der Waals surface area contributed by atoms with E-state index in [1.807, 2.05) is 25.2 Å². The van der Waals surface area contributed by atoms with Crippen LogP contribution in [0.5, 0.6) is 5.75 Å². The van der Waals surface area contributed by atoms with Crippen LogP contribution in [-0.2, 0) is 6.54 Å². The maximum Gasteiger partial charge on any atom is 0.193 e. The number of benzene rings is 1. The quantitative estimate of drug-likeness (QED) is 0.592. The van der Waals surface area contributed by atoms with Gasteiger partial charge in [0, 0.05) is 65.0 Å². The number of methoxy groups -OCH3 is 1. The maximum absolute atomic E-state index is 5.46. The fraction of sp³-hybridized carbons (Fsp3) is 0.650. The van der Waals surface area contributed by atoms with E-state index in [9.17, 15) is 0 Å². The number of likely N-dealkylation sites (N-methyl/N-ethyl adjacent to an activating group) is 1. The predicted octanol–water partition coefficient (Wildman–Crippen LogP) is 1.73. The van der Waals surface area contributed by atoms with Gasteiger partial charge in [-0.3, -0.25) is 9.89 Å². The summed E-state index contributed by atoms with van der Waals surface area (Å²) in [5.41, 5.74) is 1.16. The van der Waals surface area contributed by atoms with E-state index < -0.39 is 0 Å². The van der Waals surface area contributed by atoms with Crippen LogP contribution in [0.3, 0.4) is 0 Å². The fourth-order valence-corrected chi connectivity index (χ4v) is 3.44. The maximum atomic E-state index is 5.46. The number of piperazine rings is 1. The Hall–Kier alpha value is -1.79. The molecule has 1 fully saturated rings. The number of ether oxygens (including phenoxy) is 1. The molecule has 146 valence electrons. The lowest BCUT2D eigenvalue weighted by Crippen LogP contribution is -2.53. The average molecular weight is 362 g/mol. The number of para-hydroxylation sites is 1. The highest BCUT2D eigenvalue weighted by molar-refractivity contribution is 5.79. The van der Waals surface area contributed by atoms with Gasteiger partial charge in [0.2, 0.25) is 0 Å². The van der Waals surface area contributed by atoms with E-state index >= 15 is 0 Å². The summed E-state index contributed by atoms with van der Waals surface area (Å²) in [6.07, 6.45) is 0. The molecule has 0 aliphatic carbocycles. The van der Waals surface area contributed by atoms with E-state index in [1.54, 1.807) is 7.11 Å². The van der Waals surface area contributed by atoms with E-state index in [2.05, 4.69) is 52.0 Å². The zero-order valence-corrected chi connectivity index (χ0v) is 17.0. The van der Waals surface area contributed by atoms with Crippen molar-refractivity contribution in [2.24, 2.45) is 4.99 Å². The lowest BCUT2D eigenvalue weighted by molar-refractivity contribution is 0.107. The van der Waals surface area contributed by atoms with Gasteiger partial charge in [0.25, 0.3) is 0 Å². The molecule has 6 heteroatoms.